The Hall–Kier alpha value is -3.97. The molecule has 3 aromatic carbocycles. The maximum Gasteiger partial charge on any atom is 0.255 e. The number of carbonyl (C=O) groups is 1. The number of anilines is 3. The van der Waals surface area contributed by atoms with Gasteiger partial charge in [-0.25, -0.2) is 9.37 Å². The fourth-order valence-corrected chi connectivity index (χ4v) is 4.01. The number of amides is 1. The molecule has 0 aliphatic carbocycles. The number of aromatic nitrogens is 1. The van der Waals surface area contributed by atoms with Crippen molar-refractivity contribution in [3.05, 3.63) is 84.2 Å². The number of hydrogen-bond donors (Lipinski definition) is 3. The van der Waals surface area contributed by atoms with Gasteiger partial charge < -0.3 is 21.3 Å². The lowest BCUT2D eigenvalue weighted by Crippen LogP contribution is -2.43. The van der Waals surface area contributed by atoms with E-state index in [9.17, 15) is 9.18 Å². The number of nitrogens with one attached hydrogen (secondary N) is 2. The van der Waals surface area contributed by atoms with E-state index in [1.807, 2.05) is 30.3 Å². The van der Waals surface area contributed by atoms with Crippen LogP contribution in [-0.2, 0) is 0 Å². The number of benzene rings is 3. The van der Waals surface area contributed by atoms with Gasteiger partial charge in [-0.05, 0) is 65.7 Å². The van der Waals surface area contributed by atoms with Crippen molar-refractivity contribution in [1.29, 1.82) is 0 Å². The number of nitrogens with zero attached hydrogens (tertiary/aromatic N) is 2. The molecule has 1 amide bonds. The highest BCUT2D eigenvalue weighted by Crippen LogP contribution is 2.28. The molecule has 2 heterocycles. The van der Waals surface area contributed by atoms with Crippen LogP contribution in [-0.4, -0.2) is 37.1 Å². The number of hydrogen-bond acceptors (Lipinski definition) is 5. The topological polar surface area (TPSA) is 83.3 Å². The van der Waals surface area contributed by atoms with E-state index in [2.05, 4.69) is 15.5 Å². The molecule has 4 aromatic rings. The lowest BCUT2D eigenvalue weighted by Gasteiger charge is -2.28. The number of nitrogen functional groups attached to an aromatic ring is 1. The largest absolute Gasteiger partial charge is 0.397 e. The first kappa shape index (κ1) is 20.9. The van der Waals surface area contributed by atoms with Crippen molar-refractivity contribution in [2.45, 2.75) is 0 Å². The summed E-state index contributed by atoms with van der Waals surface area (Å²) in [5.74, 6) is 0.395. The van der Waals surface area contributed by atoms with Crippen molar-refractivity contribution in [2.75, 3.05) is 42.1 Å². The number of carbonyl (C=O) groups excluding carboxylic acids is 1. The Balaban J connectivity index is 1.37. The Labute approximate surface area is 191 Å². The minimum absolute atomic E-state index is 0.258. The van der Waals surface area contributed by atoms with E-state index in [0.29, 0.717) is 16.9 Å². The molecule has 0 atom stereocenters. The van der Waals surface area contributed by atoms with Gasteiger partial charge in [0.2, 0.25) is 0 Å². The number of nitrogens with two attached hydrogens (primary N) is 1. The molecule has 1 aliphatic rings. The average molecular weight is 442 g/mol. The molecule has 1 saturated heterocycles. The van der Waals surface area contributed by atoms with Gasteiger partial charge in [-0.15, -0.1) is 0 Å². The highest BCUT2D eigenvalue weighted by Gasteiger charge is 2.14. The van der Waals surface area contributed by atoms with Crippen LogP contribution in [0.1, 0.15) is 10.4 Å². The molecule has 33 heavy (non-hydrogen) atoms. The molecule has 6 nitrogen and oxygen atoms in total. The van der Waals surface area contributed by atoms with Crippen LogP contribution in [0.3, 0.4) is 0 Å². The SMILES string of the molecule is Nc1ccc(-c2ccc(F)cc2)cc1NC(=O)c1ccc2nc(N3CCNCC3)ccc2c1. The standard InChI is InChI=1S/C26H24FN5O/c27-21-6-1-17(2-7-21)18-3-8-22(28)24(16-18)31-26(33)20-4-9-23-19(15-20)5-10-25(30-23)32-13-11-29-12-14-32/h1-10,15-16,29H,11-14,28H2,(H,31,33). The molecule has 4 N–H and O–H groups in total. The van der Waals surface area contributed by atoms with Gasteiger partial charge in [-0.2, -0.15) is 0 Å². The van der Waals surface area contributed by atoms with Crippen LogP contribution in [0.15, 0.2) is 72.8 Å². The molecule has 0 spiro atoms. The van der Waals surface area contributed by atoms with E-state index in [4.69, 9.17) is 10.7 Å². The second kappa shape index (κ2) is 8.88. The zero-order valence-electron chi connectivity index (χ0n) is 18.0. The fraction of sp³-hybridized carbons (Fsp3) is 0.154. The van der Waals surface area contributed by atoms with Gasteiger partial charge in [0.05, 0.1) is 16.9 Å². The maximum atomic E-state index is 13.2. The zero-order valence-corrected chi connectivity index (χ0v) is 18.0. The third kappa shape index (κ3) is 4.49. The van der Waals surface area contributed by atoms with E-state index < -0.39 is 0 Å². The lowest BCUT2D eigenvalue weighted by molar-refractivity contribution is 0.102. The Morgan fingerprint density at radius 1 is 0.939 bits per heavy atom. The highest BCUT2D eigenvalue weighted by molar-refractivity contribution is 6.07. The molecule has 7 heteroatoms. The van der Waals surface area contributed by atoms with Gasteiger partial charge in [0.25, 0.3) is 5.91 Å². The zero-order chi connectivity index (χ0) is 22.8. The van der Waals surface area contributed by atoms with Gasteiger partial charge in [0, 0.05) is 37.1 Å². The van der Waals surface area contributed by atoms with Gasteiger partial charge in [0.1, 0.15) is 11.6 Å². The molecule has 1 aromatic heterocycles. The molecular formula is C26H24FN5O. The first-order valence-corrected chi connectivity index (χ1v) is 10.9. The number of halogens is 1. The minimum atomic E-state index is -0.298. The normalized spacial score (nSPS) is 13.8. The monoisotopic (exact) mass is 441 g/mol. The quantitative estimate of drug-likeness (QED) is 0.412. The summed E-state index contributed by atoms with van der Waals surface area (Å²) < 4.78 is 13.2. The summed E-state index contributed by atoms with van der Waals surface area (Å²) in [5.41, 5.74) is 10.1. The molecule has 0 radical (unpaired) electrons. The van der Waals surface area contributed by atoms with E-state index in [-0.39, 0.29) is 11.7 Å². The average Bonchev–Trinajstić information content (AvgIpc) is 2.86. The molecule has 0 bridgehead atoms. The van der Waals surface area contributed by atoms with Crippen LogP contribution in [0.5, 0.6) is 0 Å². The van der Waals surface area contributed by atoms with Crippen molar-refractivity contribution in [1.82, 2.24) is 10.3 Å². The number of piperazine rings is 1. The van der Waals surface area contributed by atoms with Crippen LogP contribution in [0.2, 0.25) is 0 Å². The van der Waals surface area contributed by atoms with Gasteiger partial charge in [0.15, 0.2) is 0 Å². The Morgan fingerprint density at radius 3 is 2.48 bits per heavy atom. The molecule has 166 valence electrons. The van der Waals surface area contributed by atoms with E-state index in [1.54, 1.807) is 30.3 Å². The van der Waals surface area contributed by atoms with Gasteiger partial charge in [-0.1, -0.05) is 18.2 Å². The van der Waals surface area contributed by atoms with E-state index in [1.165, 1.54) is 12.1 Å². The van der Waals surface area contributed by atoms with Gasteiger partial charge >= 0.3 is 0 Å². The minimum Gasteiger partial charge on any atom is -0.397 e. The van der Waals surface area contributed by atoms with Crippen molar-refractivity contribution in [3.8, 4) is 11.1 Å². The molecule has 0 saturated carbocycles. The Kier molecular flexibility index (Phi) is 5.62. The van der Waals surface area contributed by atoms with Crippen LogP contribution in [0, 0.1) is 5.82 Å². The van der Waals surface area contributed by atoms with Crippen LogP contribution in [0.4, 0.5) is 21.6 Å². The van der Waals surface area contributed by atoms with Crippen molar-refractivity contribution in [2.24, 2.45) is 0 Å². The predicted octanol–water partition coefficient (Wildman–Crippen LogP) is 4.29. The van der Waals surface area contributed by atoms with Crippen LogP contribution >= 0.6 is 0 Å². The second-order valence-electron chi connectivity index (χ2n) is 8.08. The Morgan fingerprint density at radius 2 is 1.70 bits per heavy atom. The van der Waals surface area contributed by atoms with Crippen molar-refractivity contribution < 1.29 is 9.18 Å². The summed E-state index contributed by atoms with van der Waals surface area (Å²) in [4.78, 5) is 20.0. The van der Waals surface area contributed by atoms with E-state index in [0.717, 1.165) is 54.0 Å². The van der Waals surface area contributed by atoms with Crippen molar-refractivity contribution in [3.63, 3.8) is 0 Å². The Bertz CT molecular complexity index is 1320. The molecule has 5 rings (SSSR count). The molecule has 1 aliphatic heterocycles. The summed E-state index contributed by atoms with van der Waals surface area (Å²) in [7, 11) is 0. The number of fused-ring (bicyclic) bond motifs is 1. The van der Waals surface area contributed by atoms with Crippen molar-refractivity contribution >= 4 is 34.0 Å². The summed E-state index contributed by atoms with van der Waals surface area (Å²) in [6, 6.07) is 21.0. The maximum absolute atomic E-state index is 13.2. The molecule has 1 fully saturated rings. The predicted molar refractivity (Wildman–Crippen MR) is 131 cm³/mol. The van der Waals surface area contributed by atoms with Crippen LogP contribution in [0.25, 0.3) is 22.0 Å². The van der Waals surface area contributed by atoms with Gasteiger partial charge in [-0.3, -0.25) is 4.79 Å². The summed E-state index contributed by atoms with van der Waals surface area (Å²) in [6.07, 6.45) is 0. The second-order valence-corrected chi connectivity index (χ2v) is 8.08. The smallest absolute Gasteiger partial charge is 0.255 e. The number of pyridine rings is 1. The third-order valence-electron chi connectivity index (χ3n) is 5.86. The first-order valence-electron chi connectivity index (χ1n) is 10.9. The molecular weight excluding hydrogens is 417 g/mol. The summed E-state index contributed by atoms with van der Waals surface area (Å²) in [5, 5.41) is 7.14. The lowest BCUT2D eigenvalue weighted by atomic mass is 10.0. The summed E-state index contributed by atoms with van der Waals surface area (Å²) in [6.45, 7) is 3.75. The summed E-state index contributed by atoms with van der Waals surface area (Å²) >= 11 is 0. The first-order chi connectivity index (χ1) is 16.1. The van der Waals surface area contributed by atoms with E-state index >= 15 is 0 Å². The molecule has 0 unspecified atom stereocenters. The van der Waals surface area contributed by atoms with Crippen LogP contribution < -0.4 is 21.3 Å². The number of rotatable bonds is 4. The highest BCUT2D eigenvalue weighted by atomic mass is 19.1. The fourth-order valence-electron chi connectivity index (χ4n) is 4.01. The third-order valence-corrected chi connectivity index (χ3v) is 5.86.